The lowest BCUT2D eigenvalue weighted by Crippen LogP contribution is -2.16. The molecule has 58 heavy (non-hydrogen) atoms. The van der Waals surface area contributed by atoms with E-state index in [0.29, 0.717) is 0 Å². The number of benzene rings is 9. The van der Waals surface area contributed by atoms with Gasteiger partial charge in [0.15, 0.2) is 0 Å². The van der Waals surface area contributed by atoms with E-state index in [0.717, 1.165) is 17.1 Å². The van der Waals surface area contributed by atoms with Gasteiger partial charge in [0, 0.05) is 34.9 Å². The summed E-state index contributed by atoms with van der Waals surface area (Å²) < 4.78 is 0. The molecule has 0 spiro atoms. The lowest BCUT2D eigenvalue weighted by atomic mass is 9.81. The van der Waals surface area contributed by atoms with Crippen LogP contribution in [0.3, 0.4) is 0 Å². The van der Waals surface area contributed by atoms with Crippen LogP contribution in [0.1, 0.15) is 25.0 Å². The maximum atomic E-state index is 4.43. The van der Waals surface area contributed by atoms with E-state index in [1.54, 1.807) is 0 Å². The predicted molar refractivity (Wildman–Crippen MR) is 245 cm³/mol. The summed E-state index contributed by atoms with van der Waals surface area (Å²) >= 11 is 0. The SMILES string of the molecule is CC1(C)c2ccccc2-c2ccc(N(c3ccncc3)c3ccc4c(c3)c3ccccc3c3c(-c5ccccc5)cc(-c5ccccc5)c(-c5ccccc5)c43)cc21. The third-order valence-electron chi connectivity index (χ3n) is 12.3. The molecule has 0 radical (unpaired) electrons. The Morgan fingerprint density at radius 2 is 0.914 bits per heavy atom. The van der Waals surface area contributed by atoms with Gasteiger partial charge < -0.3 is 4.90 Å². The minimum Gasteiger partial charge on any atom is -0.310 e. The predicted octanol–water partition coefficient (Wildman–Crippen LogP) is 15.3. The Hall–Kier alpha value is -7.29. The highest BCUT2D eigenvalue weighted by Crippen LogP contribution is 2.52. The molecule has 2 nitrogen and oxygen atoms in total. The summed E-state index contributed by atoms with van der Waals surface area (Å²) in [5.41, 5.74) is 15.8. The van der Waals surface area contributed by atoms with Gasteiger partial charge in [-0.25, -0.2) is 0 Å². The number of hydrogen-bond donors (Lipinski definition) is 0. The summed E-state index contributed by atoms with van der Waals surface area (Å²) in [6.45, 7) is 4.70. The van der Waals surface area contributed by atoms with E-state index in [1.165, 1.54) is 88.0 Å². The van der Waals surface area contributed by atoms with E-state index in [1.807, 2.05) is 12.4 Å². The Morgan fingerprint density at radius 1 is 0.362 bits per heavy atom. The standard InChI is InChI=1S/C56H40N2/c1-56(2)51-25-15-14-23-44(51)45-28-26-42(35-52(45)56)58(40-30-32-57-33-31-40)41-27-29-47-50(34-41)43-22-12-13-24-46(43)54-49(38-18-8-4-9-19-38)36-48(37-16-6-3-7-17-37)53(55(47)54)39-20-10-5-11-21-39/h3-36H,1-2H3. The van der Waals surface area contributed by atoms with Gasteiger partial charge in [-0.15, -0.1) is 0 Å². The van der Waals surface area contributed by atoms with Gasteiger partial charge in [0.05, 0.1) is 0 Å². The van der Waals surface area contributed by atoms with Crippen molar-refractivity contribution >= 4 is 49.4 Å². The van der Waals surface area contributed by atoms with Crippen LogP contribution in [0.25, 0.3) is 76.8 Å². The van der Waals surface area contributed by atoms with Crippen LogP contribution < -0.4 is 4.90 Å². The number of aromatic nitrogens is 1. The van der Waals surface area contributed by atoms with Crippen LogP contribution in [-0.4, -0.2) is 4.98 Å². The third-order valence-corrected chi connectivity index (χ3v) is 12.3. The molecule has 0 aliphatic heterocycles. The number of fused-ring (bicyclic) bond motifs is 9. The maximum Gasteiger partial charge on any atom is 0.0492 e. The molecule has 0 saturated carbocycles. The molecule has 0 atom stereocenters. The minimum absolute atomic E-state index is 0.120. The van der Waals surface area contributed by atoms with Crippen molar-refractivity contribution in [2.75, 3.05) is 4.90 Å². The first-order valence-electron chi connectivity index (χ1n) is 20.1. The molecule has 274 valence electrons. The van der Waals surface area contributed by atoms with E-state index in [2.05, 4.69) is 218 Å². The molecule has 0 saturated heterocycles. The fourth-order valence-electron chi connectivity index (χ4n) is 9.65. The molecule has 1 heterocycles. The molecule has 0 N–H and O–H groups in total. The van der Waals surface area contributed by atoms with Gasteiger partial charge in [0.1, 0.15) is 0 Å². The molecule has 0 amide bonds. The van der Waals surface area contributed by atoms with Gasteiger partial charge in [-0.05, 0) is 130 Å². The van der Waals surface area contributed by atoms with Gasteiger partial charge in [-0.2, -0.15) is 0 Å². The lowest BCUT2D eigenvalue weighted by Gasteiger charge is -2.28. The van der Waals surface area contributed by atoms with Crippen molar-refractivity contribution in [3.05, 3.63) is 218 Å². The highest BCUT2D eigenvalue weighted by molar-refractivity contribution is 6.33. The smallest absolute Gasteiger partial charge is 0.0492 e. The Labute approximate surface area is 339 Å². The summed E-state index contributed by atoms with van der Waals surface area (Å²) in [6, 6.07) is 71.3. The van der Waals surface area contributed by atoms with Crippen LogP contribution in [0, 0.1) is 0 Å². The van der Waals surface area contributed by atoms with Gasteiger partial charge in [0.2, 0.25) is 0 Å². The number of pyridine rings is 1. The zero-order chi connectivity index (χ0) is 38.8. The number of rotatable bonds is 6. The van der Waals surface area contributed by atoms with E-state index in [4.69, 9.17) is 0 Å². The van der Waals surface area contributed by atoms with Crippen molar-refractivity contribution in [2.45, 2.75) is 19.3 Å². The highest BCUT2D eigenvalue weighted by Gasteiger charge is 2.36. The van der Waals surface area contributed by atoms with Crippen molar-refractivity contribution in [2.24, 2.45) is 0 Å². The zero-order valence-corrected chi connectivity index (χ0v) is 32.5. The van der Waals surface area contributed by atoms with Crippen molar-refractivity contribution in [1.82, 2.24) is 4.98 Å². The van der Waals surface area contributed by atoms with E-state index in [-0.39, 0.29) is 5.41 Å². The molecule has 1 aliphatic rings. The first-order valence-corrected chi connectivity index (χ1v) is 20.1. The molecule has 1 aromatic heterocycles. The van der Waals surface area contributed by atoms with Crippen molar-refractivity contribution in [1.29, 1.82) is 0 Å². The number of anilines is 3. The van der Waals surface area contributed by atoms with E-state index < -0.39 is 0 Å². The number of nitrogens with zero attached hydrogens (tertiary/aromatic N) is 2. The van der Waals surface area contributed by atoms with Crippen molar-refractivity contribution < 1.29 is 0 Å². The van der Waals surface area contributed by atoms with Crippen LogP contribution in [0.2, 0.25) is 0 Å². The monoisotopic (exact) mass is 740 g/mol. The summed E-state index contributed by atoms with van der Waals surface area (Å²) in [4.78, 5) is 6.82. The zero-order valence-electron chi connectivity index (χ0n) is 32.5. The molecule has 10 aromatic rings. The summed E-state index contributed by atoms with van der Waals surface area (Å²) in [7, 11) is 0. The fraction of sp³-hybridized carbons (Fsp3) is 0.0536. The fourth-order valence-corrected chi connectivity index (χ4v) is 9.65. The van der Waals surface area contributed by atoms with E-state index in [9.17, 15) is 0 Å². The van der Waals surface area contributed by atoms with Crippen LogP contribution in [-0.2, 0) is 5.41 Å². The summed E-state index contributed by atoms with van der Waals surface area (Å²) in [5.74, 6) is 0. The molecule has 1 aliphatic carbocycles. The minimum atomic E-state index is -0.120. The lowest BCUT2D eigenvalue weighted by molar-refractivity contribution is 0.660. The quantitative estimate of drug-likeness (QED) is 0.158. The van der Waals surface area contributed by atoms with E-state index >= 15 is 0 Å². The maximum absolute atomic E-state index is 4.43. The highest BCUT2D eigenvalue weighted by atomic mass is 15.1. The Morgan fingerprint density at radius 3 is 1.64 bits per heavy atom. The summed E-state index contributed by atoms with van der Waals surface area (Å²) in [6.07, 6.45) is 3.78. The molecule has 0 bridgehead atoms. The topological polar surface area (TPSA) is 16.1 Å². The molecule has 2 heteroatoms. The van der Waals surface area contributed by atoms with Crippen LogP contribution in [0.4, 0.5) is 17.1 Å². The molecular formula is C56H40N2. The molecule has 9 aromatic carbocycles. The summed E-state index contributed by atoms with van der Waals surface area (Å²) in [5, 5.41) is 7.45. The van der Waals surface area contributed by atoms with Crippen molar-refractivity contribution in [3.8, 4) is 44.5 Å². The van der Waals surface area contributed by atoms with Gasteiger partial charge in [-0.1, -0.05) is 166 Å². The molecular weight excluding hydrogens is 701 g/mol. The Kier molecular flexibility index (Phi) is 7.87. The molecule has 0 unspecified atom stereocenters. The number of hydrogen-bond acceptors (Lipinski definition) is 2. The first-order chi connectivity index (χ1) is 28.6. The second-order valence-electron chi connectivity index (χ2n) is 15.9. The first kappa shape index (κ1) is 34.0. The van der Waals surface area contributed by atoms with Gasteiger partial charge in [-0.3, -0.25) is 4.98 Å². The van der Waals surface area contributed by atoms with Crippen LogP contribution >= 0.6 is 0 Å². The van der Waals surface area contributed by atoms with Crippen LogP contribution in [0.15, 0.2) is 207 Å². The molecule has 0 fully saturated rings. The van der Waals surface area contributed by atoms with Gasteiger partial charge >= 0.3 is 0 Å². The Balaban J connectivity index is 1.24. The van der Waals surface area contributed by atoms with Crippen molar-refractivity contribution in [3.63, 3.8) is 0 Å². The van der Waals surface area contributed by atoms with Gasteiger partial charge in [0.25, 0.3) is 0 Å². The average molecular weight is 741 g/mol. The second kappa shape index (κ2) is 13.4. The third kappa shape index (κ3) is 5.29. The normalized spacial score (nSPS) is 12.8. The average Bonchev–Trinajstić information content (AvgIpc) is 3.52. The van der Waals surface area contributed by atoms with Crippen LogP contribution in [0.5, 0.6) is 0 Å². The second-order valence-corrected chi connectivity index (χ2v) is 15.9. The largest absolute Gasteiger partial charge is 0.310 e. The Bertz CT molecular complexity index is 3170. The molecule has 11 rings (SSSR count).